The van der Waals surface area contributed by atoms with Gasteiger partial charge in [0.1, 0.15) is 12.3 Å². The molecule has 2 saturated heterocycles. The van der Waals surface area contributed by atoms with E-state index in [2.05, 4.69) is 35.4 Å². The minimum Gasteiger partial charge on any atom is -0.476 e. The summed E-state index contributed by atoms with van der Waals surface area (Å²) in [6.07, 6.45) is 0. The highest BCUT2D eigenvalue weighted by atomic mass is 16.5. The second-order valence-corrected chi connectivity index (χ2v) is 8.39. The minimum atomic E-state index is -0.435. The van der Waals surface area contributed by atoms with Crippen LogP contribution in [0.4, 0.5) is 17.8 Å². The van der Waals surface area contributed by atoms with Crippen molar-refractivity contribution in [1.82, 2.24) is 30.0 Å². The lowest BCUT2D eigenvalue weighted by molar-refractivity contribution is 0.101. The highest BCUT2D eigenvalue weighted by molar-refractivity contribution is 6.02. The van der Waals surface area contributed by atoms with E-state index in [4.69, 9.17) is 18.9 Å². The van der Waals surface area contributed by atoms with E-state index in [1.807, 2.05) is 23.8 Å². The Kier molecular flexibility index (Phi) is 9.61. The first-order valence-electron chi connectivity index (χ1n) is 12.3. The lowest BCUT2D eigenvalue weighted by Crippen LogP contribution is -2.37. The van der Waals surface area contributed by atoms with Crippen molar-refractivity contribution in [1.29, 1.82) is 0 Å². The molecule has 2 fully saturated rings. The van der Waals surface area contributed by atoms with Crippen LogP contribution in [0, 0.1) is 0 Å². The molecule has 2 aliphatic rings. The maximum absolute atomic E-state index is 13.1. The van der Waals surface area contributed by atoms with Crippen LogP contribution in [0.15, 0.2) is 6.07 Å². The summed E-state index contributed by atoms with van der Waals surface area (Å²) in [5.41, 5.74) is 0.176. The molecule has 4 heterocycles. The number of anilines is 3. The topological polar surface area (TPSA) is 143 Å². The molecule has 0 aromatic carbocycles. The Morgan fingerprint density at radius 2 is 1.75 bits per heavy atom. The van der Waals surface area contributed by atoms with Crippen LogP contribution in [0.25, 0.3) is 0 Å². The van der Waals surface area contributed by atoms with Gasteiger partial charge in [-0.2, -0.15) is 4.98 Å². The molecule has 0 atom stereocenters. The number of ether oxygens (including phenoxy) is 4. The van der Waals surface area contributed by atoms with Gasteiger partial charge < -0.3 is 33.6 Å². The lowest BCUT2D eigenvalue weighted by atomic mass is 10.3. The maximum Gasteiger partial charge on any atom is 0.276 e. The Hall–Kier alpha value is -3.07. The smallest absolute Gasteiger partial charge is 0.276 e. The van der Waals surface area contributed by atoms with Crippen molar-refractivity contribution in [2.24, 2.45) is 0 Å². The van der Waals surface area contributed by atoms with Gasteiger partial charge >= 0.3 is 0 Å². The van der Waals surface area contributed by atoms with Crippen molar-refractivity contribution in [3.63, 3.8) is 0 Å². The molecule has 0 aliphatic carbocycles. The Labute approximate surface area is 210 Å². The number of amides is 1. The molecule has 0 saturated carbocycles. The van der Waals surface area contributed by atoms with Gasteiger partial charge in [0.15, 0.2) is 0 Å². The van der Waals surface area contributed by atoms with Crippen molar-refractivity contribution in [2.45, 2.75) is 6.92 Å². The van der Waals surface area contributed by atoms with Crippen LogP contribution in [0.3, 0.4) is 0 Å². The number of rotatable bonds is 12. The second-order valence-electron chi connectivity index (χ2n) is 8.39. The number of carbonyl (C=O) groups excluding carboxylic acids is 1. The third-order valence-corrected chi connectivity index (χ3v) is 5.78. The van der Waals surface area contributed by atoms with E-state index in [0.29, 0.717) is 96.7 Å². The number of morpholine rings is 2. The number of aromatic nitrogens is 5. The van der Waals surface area contributed by atoms with Crippen molar-refractivity contribution < 1.29 is 23.7 Å². The van der Waals surface area contributed by atoms with E-state index < -0.39 is 5.91 Å². The summed E-state index contributed by atoms with van der Waals surface area (Å²) in [5.74, 6) is 1.16. The van der Waals surface area contributed by atoms with Crippen molar-refractivity contribution in [3.8, 4) is 5.88 Å². The van der Waals surface area contributed by atoms with Crippen LogP contribution in [-0.4, -0.2) is 129 Å². The molecule has 4 rings (SSSR count). The summed E-state index contributed by atoms with van der Waals surface area (Å²) >= 11 is 0. The second kappa shape index (κ2) is 13.3. The summed E-state index contributed by atoms with van der Waals surface area (Å²) in [6, 6.07) is 1.54. The zero-order chi connectivity index (χ0) is 25.2. The molecule has 0 spiro atoms. The van der Waals surface area contributed by atoms with Crippen molar-refractivity contribution in [2.75, 3.05) is 108 Å². The number of carbonyl (C=O) groups is 1. The predicted molar refractivity (Wildman–Crippen MR) is 132 cm³/mol. The minimum absolute atomic E-state index is 0.176. The van der Waals surface area contributed by atoms with E-state index in [-0.39, 0.29) is 11.6 Å². The van der Waals surface area contributed by atoms with Crippen molar-refractivity contribution in [3.05, 3.63) is 11.8 Å². The van der Waals surface area contributed by atoms with Crippen LogP contribution >= 0.6 is 0 Å². The zero-order valence-corrected chi connectivity index (χ0v) is 20.9. The van der Waals surface area contributed by atoms with Crippen molar-refractivity contribution >= 4 is 23.8 Å². The fourth-order valence-electron chi connectivity index (χ4n) is 3.69. The molecule has 2 aliphatic heterocycles. The number of hydrogen-bond donors (Lipinski definition) is 2. The molecule has 2 N–H and O–H groups in total. The Bertz CT molecular complexity index is 963. The van der Waals surface area contributed by atoms with Gasteiger partial charge in [0, 0.05) is 51.9 Å². The average molecular weight is 506 g/mol. The van der Waals surface area contributed by atoms with Crippen LogP contribution in [0.2, 0.25) is 0 Å². The number of likely N-dealkylation sites (N-methyl/N-ethyl adjacent to an activating group) is 1. The quantitative estimate of drug-likeness (QED) is 0.371. The zero-order valence-electron chi connectivity index (χ0n) is 20.9. The summed E-state index contributed by atoms with van der Waals surface area (Å²) in [5, 5.41) is 10.9. The Morgan fingerprint density at radius 1 is 1.06 bits per heavy atom. The fraction of sp³-hybridized carbons (Fsp3) is 0.682. The SMILES string of the molecule is CCOCCN(C)CCOc1cc(C(=O)Nc2nnc(N3CCOCC3)[nH]2)nc(N2CCOCC2)n1. The number of hydrogen-bond acceptors (Lipinski definition) is 12. The monoisotopic (exact) mass is 505 g/mol. The van der Waals surface area contributed by atoms with Gasteiger partial charge in [-0.25, -0.2) is 4.98 Å². The molecule has 2 aromatic heterocycles. The number of nitrogens with zero attached hydrogens (tertiary/aromatic N) is 7. The highest BCUT2D eigenvalue weighted by Gasteiger charge is 2.21. The molecule has 2 aromatic rings. The van der Waals surface area contributed by atoms with E-state index in [1.54, 1.807) is 6.07 Å². The number of nitrogens with one attached hydrogen (secondary N) is 2. The summed E-state index contributed by atoms with van der Waals surface area (Å²) < 4.78 is 22.1. The van der Waals surface area contributed by atoms with Gasteiger partial charge in [-0.3, -0.25) is 15.1 Å². The molecule has 14 heteroatoms. The van der Waals surface area contributed by atoms with Gasteiger partial charge in [-0.1, -0.05) is 0 Å². The standard InChI is InChI=1S/C22H35N9O5/c1-3-33-10-4-29(2)5-15-36-18-16-17(23-21(24-18)30-6-11-34-12-7-30)19(32)25-20-26-22(28-27-20)31-8-13-35-14-9-31/h16H,3-15H2,1-2H3,(H2,25,26,27,28,32). The molecule has 0 bridgehead atoms. The average Bonchev–Trinajstić information content (AvgIpc) is 3.38. The van der Waals surface area contributed by atoms with Gasteiger partial charge in [0.25, 0.3) is 5.91 Å². The van der Waals surface area contributed by atoms with Crippen LogP contribution in [-0.2, 0) is 14.2 Å². The number of aromatic amines is 1. The van der Waals surface area contributed by atoms with Gasteiger partial charge in [0.05, 0.1) is 33.0 Å². The van der Waals surface area contributed by atoms with Crippen LogP contribution < -0.4 is 19.9 Å². The van der Waals surface area contributed by atoms with Gasteiger partial charge in [0.2, 0.25) is 23.7 Å². The molecule has 0 unspecified atom stereocenters. The summed E-state index contributed by atoms with van der Waals surface area (Å²) in [4.78, 5) is 31.3. The first kappa shape index (κ1) is 26.0. The fourth-order valence-corrected chi connectivity index (χ4v) is 3.69. The molecule has 36 heavy (non-hydrogen) atoms. The van der Waals surface area contributed by atoms with E-state index in [9.17, 15) is 4.79 Å². The normalized spacial score (nSPS) is 16.4. The first-order valence-corrected chi connectivity index (χ1v) is 12.3. The molecular formula is C22H35N9O5. The predicted octanol–water partition coefficient (Wildman–Crippen LogP) is -0.133. The largest absolute Gasteiger partial charge is 0.476 e. The van der Waals surface area contributed by atoms with Crippen LogP contribution in [0.5, 0.6) is 5.88 Å². The molecule has 0 radical (unpaired) electrons. The summed E-state index contributed by atoms with van der Waals surface area (Å²) in [7, 11) is 2.00. The first-order chi connectivity index (χ1) is 17.6. The molecule has 1 amide bonds. The Morgan fingerprint density at radius 3 is 2.47 bits per heavy atom. The molecular weight excluding hydrogens is 470 g/mol. The highest BCUT2D eigenvalue weighted by Crippen LogP contribution is 2.19. The third-order valence-electron chi connectivity index (χ3n) is 5.78. The summed E-state index contributed by atoms with van der Waals surface area (Å²) in [6.45, 7) is 10.3. The van der Waals surface area contributed by atoms with Gasteiger partial charge in [-0.15, -0.1) is 10.2 Å². The Balaban J connectivity index is 1.42. The van der Waals surface area contributed by atoms with E-state index in [1.165, 1.54) is 0 Å². The lowest BCUT2D eigenvalue weighted by Gasteiger charge is -2.27. The van der Waals surface area contributed by atoms with E-state index in [0.717, 1.165) is 6.54 Å². The molecule has 14 nitrogen and oxygen atoms in total. The molecule has 198 valence electrons. The van der Waals surface area contributed by atoms with E-state index >= 15 is 0 Å². The van der Waals surface area contributed by atoms with Crippen LogP contribution in [0.1, 0.15) is 17.4 Å². The third kappa shape index (κ3) is 7.46. The number of H-pyrrole nitrogens is 1. The van der Waals surface area contributed by atoms with Gasteiger partial charge in [-0.05, 0) is 14.0 Å². The maximum atomic E-state index is 13.1.